The Morgan fingerprint density at radius 1 is 1.12 bits per heavy atom. The molecule has 2 aromatic rings. The molecule has 0 aliphatic carbocycles. The van der Waals surface area contributed by atoms with Crippen molar-refractivity contribution in [2.24, 2.45) is 0 Å². The summed E-state index contributed by atoms with van der Waals surface area (Å²) in [5, 5.41) is 13.4. The molecule has 1 atom stereocenters. The summed E-state index contributed by atoms with van der Waals surface area (Å²) in [6, 6.07) is 15.0. The maximum absolute atomic E-state index is 12.2. The van der Waals surface area contributed by atoms with E-state index in [4.69, 9.17) is 5.41 Å². The van der Waals surface area contributed by atoms with Gasteiger partial charge in [0, 0.05) is 18.3 Å². The smallest absolute Gasteiger partial charge is 0.406 e. The second kappa shape index (κ2) is 8.05. The summed E-state index contributed by atoms with van der Waals surface area (Å²) < 4.78 is 40.5. The SMILES string of the molecule is N=C(NCC(Br)c1ccccc1)Nc1cccc(OC(F)(F)F)c1. The molecule has 8 heteroatoms. The molecule has 0 spiro atoms. The average Bonchev–Trinajstić information content (AvgIpc) is 2.52. The van der Waals surface area contributed by atoms with Crippen molar-refractivity contribution in [3.05, 3.63) is 60.2 Å². The Morgan fingerprint density at radius 2 is 1.83 bits per heavy atom. The van der Waals surface area contributed by atoms with E-state index in [2.05, 4.69) is 31.3 Å². The van der Waals surface area contributed by atoms with Crippen molar-refractivity contribution >= 4 is 27.6 Å². The predicted octanol–water partition coefficient (Wildman–Crippen LogP) is 4.66. The van der Waals surface area contributed by atoms with Gasteiger partial charge in [-0.3, -0.25) is 5.41 Å². The fourth-order valence-corrected chi connectivity index (χ4v) is 2.40. The molecule has 1 unspecified atom stereocenters. The van der Waals surface area contributed by atoms with E-state index in [1.165, 1.54) is 18.2 Å². The molecule has 0 saturated carbocycles. The van der Waals surface area contributed by atoms with Crippen LogP contribution >= 0.6 is 15.9 Å². The highest BCUT2D eigenvalue weighted by molar-refractivity contribution is 9.09. The zero-order valence-electron chi connectivity index (χ0n) is 12.4. The number of ether oxygens (including phenoxy) is 1. The van der Waals surface area contributed by atoms with Crippen molar-refractivity contribution < 1.29 is 17.9 Å². The zero-order chi connectivity index (χ0) is 17.6. The summed E-state index contributed by atoms with van der Waals surface area (Å²) in [6.45, 7) is 0.439. The Kier molecular flexibility index (Phi) is 6.08. The van der Waals surface area contributed by atoms with Gasteiger partial charge in [0.25, 0.3) is 0 Å². The number of rotatable bonds is 5. The van der Waals surface area contributed by atoms with Crippen molar-refractivity contribution in [3.8, 4) is 5.75 Å². The van der Waals surface area contributed by atoms with Crippen LogP contribution in [0.5, 0.6) is 5.75 Å². The molecular formula is C16H15BrF3N3O. The Balaban J connectivity index is 1.87. The number of hydrogen-bond donors (Lipinski definition) is 3. The molecule has 2 aromatic carbocycles. The molecule has 0 radical (unpaired) electrons. The summed E-state index contributed by atoms with van der Waals surface area (Å²) >= 11 is 3.51. The molecule has 128 valence electrons. The lowest BCUT2D eigenvalue weighted by atomic mass is 10.1. The molecule has 0 heterocycles. The zero-order valence-corrected chi connectivity index (χ0v) is 14.0. The van der Waals surface area contributed by atoms with Gasteiger partial charge in [-0.05, 0) is 17.7 Å². The number of halogens is 4. The Hall–Kier alpha value is -2.22. The molecule has 2 rings (SSSR count). The van der Waals surface area contributed by atoms with E-state index in [-0.39, 0.29) is 16.5 Å². The van der Waals surface area contributed by atoms with Gasteiger partial charge in [0.1, 0.15) is 5.75 Å². The molecule has 0 saturated heterocycles. The van der Waals surface area contributed by atoms with Crippen LogP contribution in [0.1, 0.15) is 10.4 Å². The summed E-state index contributed by atoms with van der Waals surface area (Å²) in [5.41, 5.74) is 1.37. The first-order valence-electron chi connectivity index (χ1n) is 6.98. The molecule has 0 aromatic heterocycles. The number of anilines is 1. The van der Waals surface area contributed by atoms with Gasteiger partial charge in [-0.2, -0.15) is 0 Å². The van der Waals surface area contributed by atoms with Crippen molar-refractivity contribution in [1.29, 1.82) is 5.41 Å². The second-order valence-electron chi connectivity index (χ2n) is 4.83. The molecule has 0 aliphatic rings. The highest BCUT2D eigenvalue weighted by Crippen LogP contribution is 2.25. The highest BCUT2D eigenvalue weighted by atomic mass is 79.9. The van der Waals surface area contributed by atoms with Crippen LogP contribution in [0, 0.1) is 5.41 Å². The van der Waals surface area contributed by atoms with Crippen LogP contribution in [0.3, 0.4) is 0 Å². The van der Waals surface area contributed by atoms with Crippen LogP contribution in [0.2, 0.25) is 0 Å². The Bertz CT molecular complexity index is 680. The third-order valence-electron chi connectivity index (χ3n) is 2.96. The minimum atomic E-state index is -4.75. The van der Waals surface area contributed by atoms with Gasteiger partial charge in [0.2, 0.25) is 0 Å². The maximum atomic E-state index is 12.2. The van der Waals surface area contributed by atoms with Crippen LogP contribution in [0.4, 0.5) is 18.9 Å². The molecule has 3 N–H and O–H groups in total. The van der Waals surface area contributed by atoms with E-state index < -0.39 is 6.36 Å². The standard InChI is InChI=1S/C16H15BrF3N3O/c17-14(11-5-2-1-3-6-11)10-22-15(21)23-12-7-4-8-13(9-12)24-16(18,19)20/h1-9,14H,10H2,(H3,21,22,23). The molecule has 0 aliphatic heterocycles. The van der Waals surface area contributed by atoms with E-state index in [1.807, 2.05) is 30.3 Å². The van der Waals surface area contributed by atoms with Crippen molar-refractivity contribution in [1.82, 2.24) is 5.32 Å². The van der Waals surface area contributed by atoms with E-state index >= 15 is 0 Å². The van der Waals surface area contributed by atoms with Gasteiger partial charge in [-0.1, -0.05) is 52.3 Å². The van der Waals surface area contributed by atoms with Crippen LogP contribution in [-0.2, 0) is 0 Å². The summed E-state index contributed by atoms with van der Waals surface area (Å²) in [6.07, 6.45) is -4.75. The predicted molar refractivity (Wildman–Crippen MR) is 90.6 cm³/mol. The Labute approximate surface area is 145 Å². The van der Waals surface area contributed by atoms with E-state index in [0.717, 1.165) is 5.56 Å². The molecule has 0 fully saturated rings. The number of alkyl halides is 4. The lowest BCUT2D eigenvalue weighted by Gasteiger charge is -2.15. The molecule has 0 amide bonds. The lowest BCUT2D eigenvalue weighted by Crippen LogP contribution is -2.32. The maximum Gasteiger partial charge on any atom is 0.573 e. The first kappa shape index (κ1) is 18.1. The normalized spacial score (nSPS) is 12.3. The first-order chi connectivity index (χ1) is 11.3. The average molecular weight is 402 g/mol. The molecule has 4 nitrogen and oxygen atoms in total. The largest absolute Gasteiger partial charge is 0.573 e. The molecular weight excluding hydrogens is 387 g/mol. The van der Waals surface area contributed by atoms with Crippen LogP contribution in [0.25, 0.3) is 0 Å². The lowest BCUT2D eigenvalue weighted by molar-refractivity contribution is -0.274. The third kappa shape index (κ3) is 6.11. The minimum Gasteiger partial charge on any atom is -0.406 e. The highest BCUT2D eigenvalue weighted by Gasteiger charge is 2.31. The first-order valence-corrected chi connectivity index (χ1v) is 7.89. The van der Waals surface area contributed by atoms with Crippen LogP contribution in [0.15, 0.2) is 54.6 Å². The number of guanidine groups is 1. The van der Waals surface area contributed by atoms with Crippen molar-refractivity contribution in [2.45, 2.75) is 11.2 Å². The van der Waals surface area contributed by atoms with E-state index in [1.54, 1.807) is 6.07 Å². The number of nitrogens with one attached hydrogen (secondary N) is 3. The van der Waals surface area contributed by atoms with E-state index in [9.17, 15) is 13.2 Å². The Morgan fingerprint density at radius 3 is 2.50 bits per heavy atom. The van der Waals surface area contributed by atoms with Gasteiger partial charge in [0.05, 0.1) is 4.83 Å². The molecule has 0 bridgehead atoms. The summed E-state index contributed by atoms with van der Waals surface area (Å²) in [4.78, 5) is 0.000692. The number of hydrogen-bond acceptors (Lipinski definition) is 2. The van der Waals surface area contributed by atoms with Crippen molar-refractivity contribution in [2.75, 3.05) is 11.9 Å². The number of benzene rings is 2. The van der Waals surface area contributed by atoms with Crippen LogP contribution < -0.4 is 15.4 Å². The quantitative estimate of drug-likeness (QED) is 0.388. The summed E-state index contributed by atoms with van der Waals surface area (Å²) in [7, 11) is 0. The van der Waals surface area contributed by atoms with Crippen molar-refractivity contribution in [3.63, 3.8) is 0 Å². The summed E-state index contributed by atoms with van der Waals surface area (Å²) in [5.74, 6) is -0.373. The van der Waals surface area contributed by atoms with Gasteiger partial charge in [-0.15, -0.1) is 13.2 Å². The topological polar surface area (TPSA) is 57.1 Å². The monoisotopic (exact) mass is 401 g/mol. The van der Waals surface area contributed by atoms with Gasteiger partial charge < -0.3 is 15.4 Å². The van der Waals surface area contributed by atoms with E-state index in [0.29, 0.717) is 12.2 Å². The van der Waals surface area contributed by atoms with Crippen LogP contribution in [-0.4, -0.2) is 18.9 Å². The van der Waals surface area contributed by atoms with Gasteiger partial charge >= 0.3 is 6.36 Å². The fourth-order valence-electron chi connectivity index (χ4n) is 1.93. The fraction of sp³-hybridized carbons (Fsp3) is 0.188. The minimum absolute atomic E-state index is 0.000692. The molecule has 24 heavy (non-hydrogen) atoms. The van der Waals surface area contributed by atoms with Gasteiger partial charge in [-0.25, -0.2) is 0 Å². The third-order valence-corrected chi connectivity index (χ3v) is 3.81. The van der Waals surface area contributed by atoms with Gasteiger partial charge in [0.15, 0.2) is 5.96 Å². The second-order valence-corrected chi connectivity index (χ2v) is 5.94.